The van der Waals surface area contributed by atoms with Crippen molar-refractivity contribution < 1.29 is 77.7 Å². The van der Waals surface area contributed by atoms with Crippen molar-refractivity contribution in [2.45, 2.75) is 109 Å². The molecule has 16 nitrogen and oxygen atoms in total. The number of aliphatic imine (C=N–C) groups is 1. The number of nitrogens with zero attached hydrogens (tertiary/aromatic N) is 5. The second kappa shape index (κ2) is 25.7. The lowest BCUT2D eigenvalue weighted by atomic mass is 9.75. The summed E-state index contributed by atoms with van der Waals surface area (Å²) in [5, 5.41) is 16.7. The zero-order valence-corrected chi connectivity index (χ0v) is 43.5. The van der Waals surface area contributed by atoms with Crippen molar-refractivity contribution in [3.8, 4) is 11.8 Å². The standard InChI is InChI=1S/C52H61F10N9O7/c1-49(2,51(57,58)59)37(21-43(73)77-6)45(74)68-71(27-36-38(53)19-32(20-39(36)54)33(22-63)24-65-47(55)56)28-41(72)40(66-46(75)44(67-48(76)78-7)50(3,4)52(60,61)62)18-30-11-8-29(9-12-30)10-13-31-14-17-42(64-23-31)70-25-34-15-16-35(26-70)69(34)5/h8-9,11-12,14,17,19-20,22-24,34-35,37,40-41,44,47,72H,15-16,18,21,25-28,63H2,1-7H3,(H,66,75)(H,67,76)(H,68,74)/t34?,35?,37-,40+,41+,44-/m1/s1. The maximum absolute atomic E-state index is 16.0. The molecule has 2 aromatic carbocycles. The van der Waals surface area contributed by atoms with Gasteiger partial charge in [-0.3, -0.25) is 24.7 Å². The highest BCUT2D eigenvalue weighted by Crippen LogP contribution is 2.45. The lowest BCUT2D eigenvalue weighted by Crippen LogP contribution is -2.62. The van der Waals surface area contributed by atoms with Crippen LogP contribution in [0.15, 0.2) is 65.9 Å². The molecule has 0 spiro atoms. The van der Waals surface area contributed by atoms with Crippen molar-refractivity contribution in [3.63, 3.8) is 0 Å². The minimum Gasteiger partial charge on any atom is -0.469 e. The molecule has 0 radical (unpaired) electrons. The Kier molecular flexibility index (Phi) is 20.4. The molecule has 2 fully saturated rings. The Morgan fingerprint density at radius 2 is 1.45 bits per heavy atom. The summed E-state index contributed by atoms with van der Waals surface area (Å²) in [6, 6.07) is 7.68. The molecule has 3 heterocycles. The minimum atomic E-state index is -5.17. The van der Waals surface area contributed by atoms with Crippen molar-refractivity contribution in [2.75, 3.05) is 45.8 Å². The molecule has 6 atom stereocenters. The average Bonchev–Trinajstić information content (AvgIpc) is 3.57. The van der Waals surface area contributed by atoms with Gasteiger partial charge in [-0.1, -0.05) is 37.8 Å². The smallest absolute Gasteiger partial charge is 0.407 e. The SMILES string of the molecule is COC(=O)C[C@H](C(=O)NN(Cc1c(F)cc(C(C=NC(F)F)=CN)cc1F)C[C@H](O)[C@H](Cc1ccc(C#Cc2ccc(N3CC4CCC(C3)N4C)nc2)cc1)NC(=O)[C@@H](NC(=O)OC)C(C)(C)C(F)(F)F)C(C)(C)C(F)(F)F. The van der Waals surface area contributed by atoms with Crippen LogP contribution in [0.5, 0.6) is 0 Å². The highest BCUT2D eigenvalue weighted by Gasteiger charge is 2.57. The summed E-state index contributed by atoms with van der Waals surface area (Å²) in [4.78, 5) is 65.0. The average molecular weight is 1110 g/mol. The number of amides is 3. The number of nitrogens with one attached hydrogen (secondary N) is 3. The number of alkyl halides is 8. The van der Waals surface area contributed by atoms with Crippen LogP contribution < -0.4 is 26.7 Å². The van der Waals surface area contributed by atoms with E-state index in [-0.39, 0.29) is 11.1 Å². The molecule has 3 aromatic rings. The van der Waals surface area contributed by atoms with E-state index >= 15 is 8.78 Å². The van der Waals surface area contributed by atoms with Gasteiger partial charge in [0.25, 0.3) is 0 Å². The number of fused-ring (bicyclic) bond motifs is 2. The Morgan fingerprint density at radius 1 is 0.872 bits per heavy atom. The first-order valence-electron chi connectivity index (χ1n) is 24.2. The van der Waals surface area contributed by atoms with Crippen LogP contribution in [0.1, 0.15) is 74.8 Å². The van der Waals surface area contributed by atoms with Crippen LogP contribution in [0.25, 0.3) is 5.57 Å². The van der Waals surface area contributed by atoms with Gasteiger partial charge >= 0.3 is 31.0 Å². The molecule has 2 unspecified atom stereocenters. The molecule has 2 bridgehead atoms. The molecule has 26 heteroatoms. The number of alkyl carbamates (subject to hydrolysis) is 1. The lowest BCUT2D eigenvalue weighted by molar-refractivity contribution is -0.231. The number of carbonyl (C=O) groups excluding carboxylic acids is 4. The molecule has 426 valence electrons. The topological polar surface area (TPSA) is 204 Å². The van der Waals surface area contributed by atoms with E-state index in [1.54, 1.807) is 18.3 Å². The number of hydrazine groups is 1. The van der Waals surface area contributed by atoms with Crippen molar-refractivity contribution in [1.82, 2.24) is 31.0 Å². The van der Waals surface area contributed by atoms with Crippen LogP contribution in [0.2, 0.25) is 0 Å². The van der Waals surface area contributed by atoms with E-state index < -0.39 is 126 Å². The molecule has 0 saturated carbocycles. The number of aliphatic hydroxyl groups excluding tert-OH is 1. The van der Waals surface area contributed by atoms with E-state index in [9.17, 15) is 59.4 Å². The Balaban J connectivity index is 1.52. The summed E-state index contributed by atoms with van der Waals surface area (Å²) in [6.45, 7) is -1.43. The summed E-state index contributed by atoms with van der Waals surface area (Å²) >= 11 is 0. The molecule has 3 amide bonds. The number of ether oxygens (including phenoxy) is 2. The van der Waals surface area contributed by atoms with Gasteiger partial charge in [-0.25, -0.2) is 28.6 Å². The zero-order valence-electron chi connectivity index (χ0n) is 43.5. The van der Waals surface area contributed by atoms with Crippen LogP contribution in [0, 0.1) is 40.2 Å². The van der Waals surface area contributed by atoms with Gasteiger partial charge in [-0.05, 0) is 87.7 Å². The number of carbonyl (C=O) groups is 4. The van der Waals surface area contributed by atoms with Crippen LogP contribution in [0.4, 0.5) is 54.5 Å². The number of nitrogens with two attached hydrogens (primary N) is 1. The first kappa shape index (κ1) is 61.9. The van der Waals surface area contributed by atoms with Gasteiger partial charge < -0.3 is 35.8 Å². The first-order chi connectivity index (χ1) is 36.4. The number of rotatable bonds is 20. The Hall–Kier alpha value is -6.98. The van der Waals surface area contributed by atoms with Crippen LogP contribution in [0.3, 0.4) is 0 Å². The van der Waals surface area contributed by atoms with Crippen LogP contribution >= 0.6 is 0 Å². The number of likely N-dealkylation sites (N-methyl/N-ethyl adjacent to an activating group) is 1. The van der Waals surface area contributed by atoms with Crippen molar-refractivity contribution in [3.05, 3.63) is 100 Å². The van der Waals surface area contributed by atoms with E-state index in [0.29, 0.717) is 80.5 Å². The maximum atomic E-state index is 16.0. The largest absolute Gasteiger partial charge is 0.469 e. The molecule has 2 saturated heterocycles. The van der Waals surface area contributed by atoms with Gasteiger partial charge in [0.15, 0.2) is 0 Å². The highest BCUT2D eigenvalue weighted by molar-refractivity contribution is 6.09. The third-order valence-corrected chi connectivity index (χ3v) is 14.2. The third-order valence-electron chi connectivity index (χ3n) is 14.2. The number of hydrogen-bond donors (Lipinski definition) is 5. The molecular weight excluding hydrogens is 1050 g/mol. The van der Waals surface area contributed by atoms with Gasteiger partial charge in [-0.2, -0.15) is 35.1 Å². The molecule has 1 aromatic heterocycles. The zero-order chi connectivity index (χ0) is 58.1. The lowest BCUT2D eigenvalue weighted by Gasteiger charge is -2.39. The minimum absolute atomic E-state index is 0.275. The number of allylic oxidation sites excluding steroid dienone is 1. The van der Waals surface area contributed by atoms with E-state index in [4.69, 9.17) is 5.73 Å². The highest BCUT2D eigenvalue weighted by atomic mass is 19.4. The number of piperazine rings is 1. The molecule has 2 aliphatic rings. The summed E-state index contributed by atoms with van der Waals surface area (Å²) in [5.74, 6) is -2.80. The number of benzene rings is 2. The van der Waals surface area contributed by atoms with Crippen molar-refractivity contribution >= 4 is 41.5 Å². The number of pyridine rings is 1. The number of methoxy groups -OCH3 is 2. The molecule has 0 aliphatic carbocycles. The van der Waals surface area contributed by atoms with E-state index in [0.717, 1.165) is 46.0 Å². The van der Waals surface area contributed by atoms with Gasteiger partial charge in [0, 0.05) is 79.1 Å². The van der Waals surface area contributed by atoms with E-state index in [1.807, 2.05) is 17.4 Å². The van der Waals surface area contributed by atoms with Crippen molar-refractivity contribution in [2.24, 2.45) is 27.5 Å². The second-order valence-corrected chi connectivity index (χ2v) is 20.0. The molecule has 6 N–H and O–H groups in total. The number of aromatic nitrogens is 1. The number of esters is 1. The van der Waals surface area contributed by atoms with Crippen LogP contribution in [-0.4, -0.2) is 140 Å². The summed E-state index contributed by atoms with van der Waals surface area (Å²) in [6.07, 6.45) is -10.5. The Labute approximate surface area is 443 Å². The fraction of sp³-hybridized carbons (Fsp3) is 0.500. The normalized spacial score (nSPS) is 18.0. The number of hydrogen-bond acceptors (Lipinski definition) is 13. The molecule has 78 heavy (non-hydrogen) atoms. The second-order valence-electron chi connectivity index (χ2n) is 20.0. The molecule has 5 rings (SSSR count). The fourth-order valence-electron chi connectivity index (χ4n) is 8.86. The summed E-state index contributed by atoms with van der Waals surface area (Å²) in [5.41, 5.74) is 1.07. The summed E-state index contributed by atoms with van der Waals surface area (Å²) < 4.78 is 154. The predicted octanol–water partition coefficient (Wildman–Crippen LogP) is 6.64. The quantitative estimate of drug-likeness (QED) is 0.0202. The Bertz CT molecular complexity index is 2690. The predicted molar refractivity (Wildman–Crippen MR) is 266 cm³/mol. The van der Waals surface area contributed by atoms with Gasteiger partial charge in [0.2, 0.25) is 11.8 Å². The van der Waals surface area contributed by atoms with Gasteiger partial charge in [0.1, 0.15) is 23.5 Å². The number of aliphatic hydroxyl groups is 1. The Morgan fingerprint density at radius 3 is 1.96 bits per heavy atom. The monoisotopic (exact) mass is 1110 g/mol. The van der Waals surface area contributed by atoms with E-state index in [1.165, 1.54) is 12.1 Å². The summed E-state index contributed by atoms with van der Waals surface area (Å²) in [7, 11) is 3.79. The maximum Gasteiger partial charge on any atom is 0.407 e. The van der Waals surface area contributed by atoms with Gasteiger partial charge in [-0.15, -0.1) is 0 Å². The van der Waals surface area contributed by atoms with Gasteiger partial charge in [0.05, 0.1) is 49.5 Å². The number of anilines is 1. The molecule has 2 aliphatic heterocycles. The van der Waals surface area contributed by atoms with Crippen molar-refractivity contribution in [1.29, 1.82) is 0 Å². The first-order valence-corrected chi connectivity index (χ1v) is 24.2. The fourth-order valence-corrected chi connectivity index (χ4v) is 8.86. The van der Waals surface area contributed by atoms with Crippen LogP contribution in [-0.2, 0) is 36.8 Å². The van der Waals surface area contributed by atoms with E-state index in [2.05, 4.69) is 58.9 Å². The third kappa shape index (κ3) is 15.4. The molecular formula is C52H61F10N9O7. The number of halogens is 10.